The predicted molar refractivity (Wildman–Crippen MR) is 89.6 cm³/mol. The lowest BCUT2D eigenvalue weighted by Crippen LogP contribution is -2.48. The standard InChI is InChI=1S/C18H26FN3O/c19-12-7-8-15-14(11-12)18(22-9-3-4-10-22)21-17(20-15)13-5-1-2-6-16(13)23/h2,6,12-14,16,18,23H,1,3-5,7-11H2. The fourth-order valence-corrected chi connectivity index (χ4v) is 4.47. The van der Waals surface area contributed by atoms with Crippen molar-refractivity contribution in [3.63, 3.8) is 0 Å². The molecule has 23 heavy (non-hydrogen) atoms. The molecule has 5 atom stereocenters. The van der Waals surface area contributed by atoms with Gasteiger partial charge >= 0.3 is 0 Å². The summed E-state index contributed by atoms with van der Waals surface area (Å²) >= 11 is 0. The third-order valence-electron chi connectivity index (χ3n) is 5.77. The van der Waals surface area contributed by atoms with E-state index in [1.165, 1.54) is 12.8 Å². The summed E-state index contributed by atoms with van der Waals surface area (Å²) in [6.45, 7) is 2.10. The monoisotopic (exact) mass is 319 g/mol. The summed E-state index contributed by atoms with van der Waals surface area (Å²) < 4.78 is 14.0. The summed E-state index contributed by atoms with van der Waals surface area (Å²) in [5, 5.41) is 10.3. The Labute approximate surface area is 137 Å². The molecule has 5 unspecified atom stereocenters. The summed E-state index contributed by atoms with van der Waals surface area (Å²) in [4.78, 5) is 12.2. The normalized spacial score (nSPS) is 41.4. The van der Waals surface area contributed by atoms with Crippen LogP contribution in [-0.4, -0.2) is 53.1 Å². The number of rotatable bonds is 2. The Morgan fingerprint density at radius 3 is 2.78 bits per heavy atom. The van der Waals surface area contributed by atoms with Crippen molar-refractivity contribution in [3.8, 4) is 0 Å². The minimum Gasteiger partial charge on any atom is -0.388 e. The van der Waals surface area contributed by atoms with E-state index < -0.39 is 12.3 Å². The van der Waals surface area contributed by atoms with Gasteiger partial charge in [-0.05, 0) is 44.9 Å². The number of fused-ring (bicyclic) bond motifs is 1. The molecular weight excluding hydrogens is 293 g/mol. The number of hydrogen-bond donors (Lipinski definition) is 1. The van der Waals surface area contributed by atoms with Crippen LogP contribution < -0.4 is 0 Å². The lowest BCUT2D eigenvalue weighted by atomic mass is 9.81. The van der Waals surface area contributed by atoms with Crippen LogP contribution in [0.1, 0.15) is 44.9 Å². The number of nitrogens with zero attached hydrogens (tertiary/aromatic N) is 3. The number of aliphatic hydroxyl groups excluding tert-OH is 1. The summed E-state index contributed by atoms with van der Waals surface area (Å²) in [7, 11) is 0. The minimum atomic E-state index is -0.719. The number of hydrogen-bond acceptors (Lipinski definition) is 4. The van der Waals surface area contributed by atoms with Gasteiger partial charge in [-0.25, -0.2) is 9.38 Å². The van der Waals surface area contributed by atoms with Crippen LogP contribution in [0.5, 0.6) is 0 Å². The van der Waals surface area contributed by atoms with Gasteiger partial charge in [-0.15, -0.1) is 0 Å². The summed E-state index contributed by atoms with van der Waals surface area (Å²) in [5.74, 6) is 0.945. The molecule has 4 rings (SSSR count). The van der Waals surface area contributed by atoms with Crippen LogP contribution >= 0.6 is 0 Å². The Bertz CT molecular complexity index is 538. The molecule has 1 saturated carbocycles. The molecule has 0 amide bonds. The van der Waals surface area contributed by atoms with E-state index in [2.05, 4.69) is 4.90 Å². The van der Waals surface area contributed by atoms with Gasteiger partial charge in [0, 0.05) is 30.6 Å². The van der Waals surface area contributed by atoms with Gasteiger partial charge in [-0.1, -0.05) is 12.2 Å². The Morgan fingerprint density at radius 1 is 1.17 bits per heavy atom. The highest BCUT2D eigenvalue weighted by Gasteiger charge is 2.41. The number of aliphatic imine (C=N–C) groups is 2. The second kappa shape index (κ2) is 6.44. The molecule has 4 nitrogen and oxygen atoms in total. The zero-order valence-electron chi connectivity index (χ0n) is 13.6. The highest BCUT2D eigenvalue weighted by Crippen LogP contribution is 2.36. The highest BCUT2D eigenvalue weighted by molar-refractivity contribution is 6.03. The maximum Gasteiger partial charge on any atom is 0.131 e. The average Bonchev–Trinajstić information content (AvgIpc) is 3.09. The molecule has 1 N–H and O–H groups in total. The van der Waals surface area contributed by atoms with Crippen molar-refractivity contribution in [2.75, 3.05) is 13.1 Å². The Kier molecular flexibility index (Phi) is 4.33. The number of allylic oxidation sites excluding steroid dienone is 1. The van der Waals surface area contributed by atoms with Gasteiger partial charge in [0.1, 0.15) is 18.2 Å². The molecule has 1 saturated heterocycles. The molecule has 2 aliphatic carbocycles. The van der Waals surface area contributed by atoms with Gasteiger partial charge in [0.05, 0.1) is 6.10 Å². The van der Waals surface area contributed by atoms with Crippen LogP contribution in [0, 0.1) is 11.8 Å². The zero-order chi connectivity index (χ0) is 15.8. The zero-order valence-corrected chi connectivity index (χ0v) is 13.6. The summed E-state index contributed by atoms with van der Waals surface area (Å²) in [6, 6.07) is 0. The first-order valence-electron chi connectivity index (χ1n) is 9.10. The van der Waals surface area contributed by atoms with Crippen LogP contribution in [0.25, 0.3) is 0 Å². The predicted octanol–water partition coefficient (Wildman–Crippen LogP) is 2.73. The van der Waals surface area contributed by atoms with E-state index in [0.29, 0.717) is 12.8 Å². The molecule has 0 aromatic carbocycles. The van der Waals surface area contributed by atoms with Crippen molar-refractivity contribution in [2.45, 2.75) is 63.4 Å². The largest absolute Gasteiger partial charge is 0.388 e. The van der Waals surface area contributed by atoms with Gasteiger partial charge < -0.3 is 5.11 Å². The van der Waals surface area contributed by atoms with Crippen molar-refractivity contribution in [1.29, 1.82) is 0 Å². The molecule has 2 fully saturated rings. The topological polar surface area (TPSA) is 48.2 Å². The van der Waals surface area contributed by atoms with Gasteiger partial charge in [0.25, 0.3) is 0 Å². The number of aliphatic hydroxyl groups is 1. The van der Waals surface area contributed by atoms with Gasteiger partial charge in [0.2, 0.25) is 0 Å². The molecule has 0 aromatic rings. The molecule has 5 heteroatoms. The average molecular weight is 319 g/mol. The maximum atomic E-state index is 14.0. The fourth-order valence-electron chi connectivity index (χ4n) is 4.47. The van der Waals surface area contributed by atoms with Crippen LogP contribution in [0.3, 0.4) is 0 Å². The molecule has 0 radical (unpaired) electrons. The van der Waals surface area contributed by atoms with Crippen LogP contribution in [0.2, 0.25) is 0 Å². The SMILES string of the molecule is OC1C=CCCC1C1=NC(N2CCCC2)C2CC(F)CCC2=N1. The van der Waals surface area contributed by atoms with E-state index in [4.69, 9.17) is 9.98 Å². The second-order valence-corrected chi connectivity index (χ2v) is 7.33. The molecule has 2 heterocycles. The second-order valence-electron chi connectivity index (χ2n) is 7.33. The maximum absolute atomic E-state index is 14.0. The number of halogens is 1. The van der Waals surface area contributed by atoms with Gasteiger partial charge in [0.15, 0.2) is 0 Å². The first kappa shape index (κ1) is 15.5. The molecule has 0 bridgehead atoms. The molecule has 0 aromatic heterocycles. The van der Waals surface area contributed by atoms with E-state index >= 15 is 0 Å². The lowest BCUT2D eigenvalue weighted by Gasteiger charge is -2.40. The van der Waals surface area contributed by atoms with Crippen molar-refractivity contribution >= 4 is 11.5 Å². The van der Waals surface area contributed by atoms with Crippen molar-refractivity contribution in [1.82, 2.24) is 4.90 Å². The van der Waals surface area contributed by atoms with Crippen molar-refractivity contribution < 1.29 is 9.50 Å². The van der Waals surface area contributed by atoms with Crippen molar-refractivity contribution in [3.05, 3.63) is 12.2 Å². The third-order valence-corrected chi connectivity index (χ3v) is 5.77. The summed E-state index contributed by atoms with van der Waals surface area (Å²) in [6.07, 6.45) is 8.90. The van der Waals surface area contributed by atoms with E-state index in [9.17, 15) is 9.50 Å². The third kappa shape index (κ3) is 3.01. The number of likely N-dealkylation sites (tertiary alicyclic amines) is 1. The Hall–Kier alpha value is -1.07. The number of amidine groups is 1. The quantitative estimate of drug-likeness (QED) is 0.796. The van der Waals surface area contributed by atoms with E-state index in [1.807, 2.05) is 12.2 Å². The smallest absolute Gasteiger partial charge is 0.131 e. The lowest BCUT2D eigenvalue weighted by molar-refractivity contribution is 0.154. The summed E-state index contributed by atoms with van der Waals surface area (Å²) in [5.41, 5.74) is 1.13. The molecule has 126 valence electrons. The van der Waals surface area contributed by atoms with Gasteiger partial charge in [-0.3, -0.25) is 9.89 Å². The van der Waals surface area contributed by atoms with Crippen LogP contribution in [0.15, 0.2) is 22.1 Å². The Balaban J connectivity index is 1.64. The van der Waals surface area contributed by atoms with E-state index in [1.54, 1.807) is 0 Å². The first-order chi connectivity index (χ1) is 11.2. The van der Waals surface area contributed by atoms with Gasteiger partial charge in [-0.2, -0.15) is 0 Å². The van der Waals surface area contributed by atoms with Crippen LogP contribution in [0.4, 0.5) is 4.39 Å². The van der Waals surface area contributed by atoms with Crippen molar-refractivity contribution in [2.24, 2.45) is 21.8 Å². The fraction of sp³-hybridized carbons (Fsp3) is 0.778. The molecular formula is C18H26FN3O. The van der Waals surface area contributed by atoms with E-state index in [0.717, 1.165) is 43.9 Å². The van der Waals surface area contributed by atoms with Crippen LogP contribution in [-0.2, 0) is 0 Å². The minimum absolute atomic E-state index is 0.00153. The molecule has 4 aliphatic rings. The van der Waals surface area contributed by atoms with E-state index in [-0.39, 0.29) is 18.0 Å². The number of alkyl halides is 1. The Morgan fingerprint density at radius 2 is 2.00 bits per heavy atom. The highest BCUT2D eigenvalue weighted by atomic mass is 19.1. The molecule has 2 aliphatic heterocycles. The molecule has 0 spiro atoms. The first-order valence-corrected chi connectivity index (χ1v) is 9.10.